The highest BCUT2D eigenvalue weighted by atomic mass is 32.2. The number of likely N-dealkylation sites (N-methyl/N-ethyl adjacent to an activating group) is 1. The minimum atomic E-state index is -3.62. The Morgan fingerprint density at radius 1 is 1.21 bits per heavy atom. The Balaban J connectivity index is 1.35. The van der Waals surface area contributed by atoms with Crippen molar-refractivity contribution in [2.24, 2.45) is 10.3 Å². The highest BCUT2D eigenvalue weighted by molar-refractivity contribution is 7.90. The number of benzene rings is 1. The topological polar surface area (TPSA) is 95.8 Å². The second kappa shape index (κ2) is 7.90. The van der Waals surface area contributed by atoms with Crippen molar-refractivity contribution >= 4 is 21.8 Å². The van der Waals surface area contributed by atoms with E-state index in [4.69, 9.17) is 0 Å². The van der Waals surface area contributed by atoms with E-state index in [1.54, 1.807) is 41.7 Å². The van der Waals surface area contributed by atoms with E-state index >= 15 is 0 Å². The fourth-order valence-electron chi connectivity index (χ4n) is 3.82. The Bertz CT molecular complexity index is 1030. The van der Waals surface area contributed by atoms with Gasteiger partial charge in [0, 0.05) is 63.2 Å². The maximum Gasteiger partial charge on any atom is 0.285 e. The number of fused-ring (bicyclic) bond motifs is 1. The Labute approximate surface area is 170 Å². The second-order valence-electron chi connectivity index (χ2n) is 7.35. The van der Waals surface area contributed by atoms with E-state index in [1.807, 2.05) is 18.0 Å². The molecule has 1 saturated heterocycles. The number of sulfonamides is 1. The lowest BCUT2D eigenvalue weighted by Gasteiger charge is -2.34. The van der Waals surface area contributed by atoms with Crippen molar-refractivity contribution in [3.63, 3.8) is 0 Å². The zero-order valence-electron chi connectivity index (χ0n) is 16.2. The van der Waals surface area contributed by atoms with Gasteiger partial charge >= 0.3 is 0 Å². The van der Waals surface area contributed by atoms with Crippen LogP contribution in [0.3, 0.4) is 0 Å². The molecule has 3 heterocycles. The first-order valence-electron chi connectivity index (χ1n) is 9.65. The van der Waals surface area contributed by atoms with E-state index in [9.17, 15) is 13.2 Å². The molecule has 0 radical (unpaired) electrons. The normalized spacial score (nSPS) is 18.2. The maximum atomic E-state index is 12.8. The third-order valence-electron chi connectivity index (χ3n) is 5.45. The third-order valence-corrected chi connectivity index (χ3v) is 6.78. The Hall–Kier alpha value is -2.81. The Morgan fingerprint density at radius 3 is 2.69 bits per heavy atom. The van der Waals surface area contributed by atoms with Crippen molar-refractivity contribution in [3.8, 4) is 0 Å². The van der Waals surface area contributed by atoms with Crippen LogP contribution in [0, 0.1) is 5.92 Å². The molecule has 2 aliphatic rings. The lowest BCUT2D eigenvalue weighted by atomic mass is 9.94. The summed E-state index contributed by atoms with van der Waals surface area (Å²) in [6, 6.07) is 6.90. The number of piperidine rings is 1. The summed E-state index contributed by atoms with van der Waals surface area (Å²) in [5.41, 5.74) is 1.51. The van der Waals surface area contributed by atoms with Gasteiger partial charge in [-0.3, -0.25) is 14.8 Å². The van der Waals surface area contributed by atoms with Gasteiger partial charge in [-0.2, -0.15) is 8.42 Å². The fraction of sp³-hybridized carbons (Fsp3) is 0.400. The number of hydrogen-bond acceptors (Lipinski definition) is 6. The molecule has 0 atom stereocenters. The summed E-state index contributed by atoms with van der Waals surface area (Å²) in [6.07, 6.45) is 7.01. The van der Waals surface area contributed by atoms with Gasteiger partial charge in [0.2, 0.25) is 5.91 Å². The van der Waals surface area contributed by atoms with Gasteiger partial charge in [0.05, 0.1) is 5.69 Å². The molecule has 9 heteroatoms. The van der Waals surface area contributed by atoms with E-state index in [1.165, 1.54) is 0 Å². The molecule has 152 valence electrons. The highest BCUT2D eigenvalue weighted by Gasteiger charge is 2.34. The summed E-state index contributed by atoms with van der Waals surface area (Å²) >= 11 is 0. The van der Waals surface area contributed by atoms with Gasteiger partial charge in [0.15, 0.2) is 5.84 Å². The zero-order chi connectivity index (χ0) is 20.4. The van der Waals surface area contributed by atoms with Crippen molar-refractivity contribution in [2.45, 2.75) is 24.2 Å². The first-order valence-corrected chi connectivity index (χ1v) is 11.1. The lowest BCUT2D eigenvalue weighted by Crippen LogP contribution is -2.43. The van der Waals surface area contributed by atoms with Crippen molar-refractivity contribution in [1.29, 1.82) is 0 Å². The summed E-state index contributed by atoms with van der Waals surface area (Å²) in [6.45, 7) is 1.81. The average Bonchev–Trinajstić information content (AvgIpc) is 3.03. The molecule has 1 aromatic heterocycles. The molecule has 2 aliphatic heterocycles. The molecule has 1 amide bonds. The number of amidine groups is 1. The standard InChI is InChI=1S/C20H23N5O3S/c1-24(11-8-16-14-21-9-10-22-16)20(26)15-6-12-25(13-7-15)19-17-4-2-3-5-18(17)29(27,28)23-19/h2-5,9-10,14-15H,6-8,11-13H2,1H3. The number of nitrogens with zero attached hydrogens (tertiary/aromatic N) is 5. The van der Waals surface area contributed by atoms with E-state index in [0.717, 1.165) is 5.69 Å². The molecule has 0 N–H and O–H groups in total. The largest absolute Gasteiger partial charge is 0.355 e. The number of aromatic nitrogens is 2. The molecule has 0 aliphatic carbocycles. The summed E-state index contributed by atoms with van der Waals surface area (Å²) in [4.78, 5) is 25.1. The van der Waals surface area contributed by atoms with Gasteiger partial charge in [0.1, 0.15) is 4.90 Å². The molecular formula is C20H23N5O3S. The Morgan fingerprint density at radius 2 is 1.97 bits per heavy atom. The van der Waals surface area contributed by atoms with E-state index in [0.29, 0.717) is 50.3 Å². The number of carbonyl (C=O) groups is 1. The zero-order valence-corrected chi connectivity index (χ0v) is 17.0. The van der Waals surface area contributed by atoms with Crippen molar-refractivity contribution in [3.05, 3.63) is 54.1 Å². The number of amides is 1. The van der Waals surface area contributed by atoms with Crippen LogP contribution in [0.1, 0.15) is 24.1 Å². The van der Waals surface area contributed by atoms with Crippen LogP contribution in [0.2, 0.25) is 0 Å². The van der Waals surface area contributed by atoms with Gasteiger partial charge in [-0.1, -0.05) is 12.1 Å². The van der Waals surface area contributed by atoms with Crippen molar-refractivity contribution < 1.29 is 13.2 Å². The monoisotopic (exact) mass is 413 g/mol. The van der Waals surface area contributed by atoms with Crippen LogP contribution >= 0.6 is 0 Å². The first-order chi connectivity index (χ1) is 14.0. The highest BCUT2D eigenvalue weighted by Crippen LogP contribution is 2.30. The van der Waals surface area contributed by atoms with Gasteiger partial charge in [-0.15, -0.1) is 4.40 Å². The lowest BCUT2D eigenvalue weighted by molar-refractivity contribution is -0.135. The van der Waals surface area contributed by atoms with Crippen LogP contribution in [0.15, 0.2) is 52.1 Å². The number of hydrogen-bond donors (Lipinski definition) is 0. The molecule has 29 heavy (non-hydrogen) atoms. The van der Waals surface area contributed by atoms with E-state index < -0.39 is 10.0 Å². The molecular weight excluding hydrogens is 390 g/mol. The predicted octanol–water partition coefficient (Wildman–Crippen LogP) is 1.34. The van der Waals surface area contributed by atoms with Crippen molar-refractivity contribution in [1.82, 2.24) is 19.8 Å². The third kappa shape index (κ3) is 4.00. The minimum Gasteiger partial charge on any atom is -0.355 e. The Kier molecular flexibility index (Phi) is 5.31. The number of rotatable bonds is 4. The van der Waals surface area contributed by atoms with Crippen LogP contribution in [0.5, 0.6) is 0 Å². The van der Waals surface area contributed by atoms with Gasteiger partial charge in [0.25, 0.3) is 10.0 Å². The maximum absolute atomic E-state index is 12.8. The second-order valence-corrected chi connectivity index (χ2v) is 8.93. The molecule has 0 bridgehead atoms. The number of likely N-dealkylation sites (tertiary alicyclic amines) is 1. The van der Waals surface area contributed by atoms with Crippen LogP contribution in [0.25, 0.3) is 0 Å². The summed E-state index contributed by atoms with van der Waals surface area (Å²) in [5, 5.41) is 0. The molecule has 0 spiro atoms. The predicted molar refractivity (Wildman–Crippen MR) is 108 cm³/mol. The van der Waals surface area contributed by atoms with Gasteiger partial charge in [-0.05, 0) is 25.0 Å². The van der Waals surface area contributed by atoms with Crippen LogP contribution < -0.4 is 0 Å². The van der Waals surface area contributed by atoms with Crippen LogP contribution in [-0.4, -0.2) is 66.6 Å². The smallest absolute Gasteiger partial charge is 0.285 e. The molecule has 0 unspecified atom stereocenters. The molecule has 1 fully saturated rings. The first kappa shape index (κ1) is 19.5. The van der Waals surface area contributed by atoms with Crippen LogP contribution in [-0.2, 0) is 21.2 Å². The van der Waals surface area contributed by atoms with E-state index in [-0.39, 0.29) is 16.7 Å². The summed E-state index contributed by atoms with van der Waals surface area (Å²) < 4.78 is 28.5. The summed E-state index contributed by atoms with van der Waals surface area (Å²) in [7, 11) is -1.81. The van der Waals surface area contributed by atoms with Gasteiger partial charge in [-0.25, -0.2) is 0 Å². The van der Waals surface area contributed by atoms with Crippen LogP contribution in [0.4, 0.5) is 0 Å². The minimum absolute atomic E-state index is 0.0630. The van der Waals surface area contributed by atoms with E-state index in [2.05, 4.69) is 14.4 Å². The number of carbonyl (C=O) groups excluding carboxylic acids is 1. The molecule has 4 rings (SSSR count). The average molecular weight is 414 g/mol. The molecule has 8 nitrogen and oxygen atoms in total. The SMILES string of the molecule is CN(CCc1cnccn1)C(=O)C1CCN(C2=NS(=O)(=O)c3ccccc32)CC1. The summed E-state index contributed by atoms with van der Waals surface area (Å²) in [5.74, 6) is 0.560. The molecule has 0 saturated carbocycles. The quantitative estimate of drug-likeness (QED) is 0.751. The van der Waals surface area contributed by atoms with Gasteiger partial charge < -0.3 is 9.80 Å². The molecule has 2 aromatic rings. The van der Waals surface area contributed by atoms with Crippen molar-refractivity contribution in [2.75, 3.05) is 26.7 Å². The molecule has 1 aromatic carbocycles. The fourth-order valence-corrected chi connectivity index (χ4v) is 5.05.